The summed E-state index contributed by atoms with van der Waals surface area (Å²) < 4.78 is 6.35. The molecule has 0 amide bonds. The Labute approximate surface area is 121 Å². The van der Waals surface area contributed by atoms with Crippen LogP contribution < -0.4 is 5.32 Å². The highest BCUT2D eigenvalue weighted by Crippen LogP contribution is 2.33. The van der Waals surface area contributed by atoms with Crippen LogP contribution in [0.2, 0.25) is 0 Å². The van der Waals surface area contributed by atoms with Crippen molar-refractivity contribution in [2.75, 3.05) is 31.7 Å². The molecule has 0 unspecified atom stereocenters. The Kier molecular flexibility index (Phi) is 4.81. The number of benzene rings is 1. The molecule has 19 heavy (non-hydrogen) atoms. The number of nitriles is 1. The Morgan fingerprint density at radius 1 is 1.53 bits per heavy atom. The molecule has 0 bridgehead atoms. The summed E-state index contributed by atoms with van der Waals surface area (Å²) in [5.74, 6) is 0. The summed E-state index contributed by atoms with van der Waals surface area (Å²) in [5, 5.41) is 21.6. The summed E-state index contributed by atoms with van der Waals surface area (Å²) in [6.07, 6.45) is 1.66. The van der Waals surface area contributed by atoms with E-state index in [2.05, 4.69) is 27.3 Å². The van der Waals surface area contributed by atoms with Gasteiger partial charge in [-0.25, -0.2) is 0 Å². The van der Waals surface area contributed by atoms with Crippen molar-refractivity contribution in [1.82, 2.24) is 0 Å². The summed E-state index contributed by atoms with van der Waals surface area (Å²) in [4.78, 5) is 0. The average Bonchev–Trinajstić information content (AvgIpc) is 2.86. The normalized spacial score (nSPS) is 22.2. The van der Waals surface area contributed by atoms with E-state index in [1.54, 1.807) is 6.07 Å². The van der Waals surface area contributed by atoms with E-state index in [9.17, 15) is 5.11 Å². The lowest BCUT2D eigenvalue weighted by molar-refractivity contribution is 0.133. The maximum atomic E-state index is 9.18. The zero-order valence-electron chi connectivity index (χ0n) is 10.7. The van der Waals surface area contributed by atoms with Gasteiger partial charge in [0.05, 0.1) is 17.9 Å². The monoisotopic (exact) mass is 324 g/mol. The van der Waals surface area contributed by atoms with Crippen molar-refractivity contribution in [2.24, 2.45) is 5.41 Å². The molecule has 1 aromatic carbocycles. The average molecular weight is 325 g/mol. The van der Waals surface area contributed by atoms with Crippen LogP contribution in [0.3, 0.4) is 0 Å². The lowest BCUT2D eigenvalue weighted by Crippen LogP contribution is -2.31. The van der Waals surface area contributed by atoms with Crippen LogP contribution in [0.25, 0.3) is 0 Å². The summed E-state index contributed by atoms with van der Waals surface area (Å²) in [6.45, 7) is 2.28. The van der Waals surface area contributed by atoms with Gasteiger partial charge < -0.3 is 15.2 Å². The number of hydrogen-bond acceptors (Lipinski definition) is 4. The standard InChI is InChI=1S/C14H17BrN2O2/c15-12-1-2-13(11(7-12)8-16)17-9-14(3-5-18)4-6-19-10-14/h1-2,7,17-18H,3-6,9-10H2/t14-/m0/s1. The van der Waals surface area contributed by atoms with E-state index < -0.39 is 0 Å². The minimum Gasteiger partial charge on any atom is -0.396 e. The van der Waals surface area contributed by atoms with Crippen molar-refractivity contribution in [2.45, 2.75) is 12.8 Å². The zero-order chi connectivity index (χ0) is 13.7. The highest BCUT2D eigenvalue weighted by Gasteiger charge is 2.34. The highest BCUT2D eigenvalue weighted by molar-refractivity contribution is 9.10. The number of nitrogens with one attached hydrogen (secondary N) is 1. The van der Waals surface area contributed by atoms with E-state index in [0.29, 0.717) is 18.7 Å². The molecule has 2 rings (SSSR count). The molecule has 0 aromatic heterocycles. The van der Waals surface area contributed by atoms with Gasteiger partial charge >= 0.3 is 0 Å². The third-order valence-corrected chi connectivity index (χ3v) is 4.08. The van der Waals surface area contributed by atoms with Gasteiger partial charge in [-0.2, -0.15) is 5.26 Å². The van der Waals surface area contributed by atoms with Gasteiger partial charge in [-0.1, -0.05) is 15.9 Å². The van der Waals surface area contributed by atoms with Gasteiger partial charge in [0, 0.05) is 29.6 Å². The van der Waals surface area contributed by atoms with Crippen LogP contribution in [0.5, 0.6) is 0 Å². The van der Waals surface area contributed by atoms with Gasteiger partial charge in [-0.3, -0.25) is 0 Å². The second-order valence-corrected chi connectivity index (χ2v) is 5.85. The number of ether oxygens (including phenoxy) is 1. The lowest BCUT2D eigenvalue weighted by atomic mass is 9.84. The van der Waals surface area contributed by atoms with E-state index in [1.165, 1.54) is 0 Å². The van der Waals surface area contributed by atoms with Gasteiger partial charge in [0.15, 0.2) is 0 Å². The van der Waals surface area contributed by atoms with Crippen LogP contribution in [0.4, 0.5) is 5.69 Å². The molecule has 0 spiro atoms. The molecular formula is C14H17BrN2O2. The molecule has 1 heterocycles. The minimum absolute atomic E-state index is 0.0193. The molecule has 0 aliphatic carbocycles. The number of aliphatic hydroxyl groups excluding tert-OH is 1. The Morgan fingerprint density at radius 3 is 3.00 bits per heavy atom. The van der Waals surface area contributed by atoms with E-state index in [-0.39, 0.29) is 12.0 Å². The Bertz CT molecular complexity index is 479. The molecule has 1 aromatic rings. The molecule has 5 heteroatoms. The zero-order valence-corrected chi connectivity index (χ0v) is 12.2. The predicted molar refractivity (Wildman–Crippen MR) is 76.9 cm³/mol. The van der Waals surface area contributed by atoms with Crippen molar-refractivity contribution in [3.05, 3.63) is 28.2 Å². The first kappa shape index (κ1) is 14.3. The van der Waals surface area contributed by atoms with Crippen molar-refractivity contribution in [3.8, 4) is 6.07 Å². The van der Waals surface area contributed by atoms with Crippen molar-refractivity contribution in [1.29, 1.82) is 5.26 Å². The topological polar surface area (TPSA) is 65.3 Å². The molecule has 1 atom stereocenters. The summed E-state index contributed by atoms with van der Waals surface area (Å²) in [6, 6.07) is 7.78. The maximum Gasteiger partial charge on any atom is 0.101 e. The summed E-state index contributed by atoms with van der Waals surface area (Å²) in [5.41, 5.74) is 1.43. The molecule has 2 N–H and O–H groups in total. The van der Waals surface area contributed by atoms with E-state index in [1.807, 2.05) is 12.1 Å². The van der Waals surface area contributed by atoms with Crippen molar-refractivity contribution < 1.29 is 9.84 Å². The maximum absolute atomic E-state index is 9.18. The van der Waals surface area contributed by atoms with E-state index in [4.69, 9.17) is 10.00 Å². The Balaban J connectivity index is 2.07. The molecule has 1 fully saturated rings. The van der Waals surface area contributed by atoms with Gasteiger partial charge in [0.25, 0.3) is 0 Å². The second kappa shape index (κ2) is 6.38. The van der Waals surface area contributed by atoms with Crippen LogP contribution in [0.15, 0.2) is 22.7 Å². The fourth-order valence-electron chi connectivity index (χ4n) is 2.36. The Hall–Kier alpha value is -1.09. The van der Waals surface area contributed by atoms with Gasteiger partial charge in [0.2, 0.25) is 0 Å². The van der Waals surface area contributed by atoms with E-state index in [0.717, 1.165) is 29.6 Å². The minimum atomic E-state index is -0.0193. The van der Waals surface area contributed by atoms with Crippen LogP contribution in [0.1, 0.15) is 18.4 Å². The number of rotatable bonds is 5. The van der Waals surface area contributed by atoms with Crippen molar-refractivity contribution in [3.63, 3.8) is 0 Å². The quantitative estimate of drug-likeness (QED) is 0.873. The molecular weight excluding hydrogens is 308 g/mol. The number of halogens is 1. The smallest absolute Gasteiger partial charge is 0.101 e. The third kappa shape index (κ3) is 3.47. The molecule has 4 nitrogen and oxygen atoms in total. The third-order valence-electron chi connectivity index (χ3n) is 3.58. The summed E-state index contributed by atoms with van der Waals surface area (Å²) in [7, 11) is 0. The fourth-order valence-corrected chi connectivity index (χ4v) is 2.72. The van der Waals surface area contributed by atoms with Crippen LogP contribution in [-0.2, 0) is 4.74 Å². The number of aliphatic hydroxyl groups is 1. The largest absolute Gasteiger partial charge is 0.396 e. The number of hydrogen-bond donors (Lipinski definition) is 2. The number of anilines is 1. The van der Waals surface area contributed by atoms with Crippen LogP contribution in [-0.4, -0.2) is 31.5 Å². The van der Waals surface area contributed by atoms with E-state index >= 15 is 0 Å². The fraction of sp³-hybridized carbons (Fsp3) is 0.500. The Morgan fingerprint density at radius 2 is 2.37 bits per heavy atom. The molecule has 0 saturated carbocycles. The number of nitrogens with zero attached hydrogens (tertiary/aromatic N) is 1. The lowest BCUT2D eigenvalue weighted by Gasteiger charge is -2.27. The van der Waals surface area contributed by atoms with Gasteiger partial charge in [0.1, 0.15) is 6.07 Å². The molecule has 102 valence electrons. The molecule has 1 aliphatic heterocycles. The van der Waals surface area contributed by atoms with Gasteiger partial charge in [-0.15, -0.1) is 0 Å². The molecule has 0 radical (unpaired) electrons. The first-order chi connectivity index (χ1) is 9.19. The van der Waals surface area contributed by atoms with Crippen LogP contribution in [0, 0.1) is 16.7 Å². The first-order valence-corrected chi connectivity index (χ1v) is 7.10. The SMILES string of the molecule is N#Cc1cc(Br)ccc1NC[C@]1(CCO)CCOC1. The highest BCUT2D eigenvalue weighted by atomic mass is 79.9. The molecule has 1 saturated heterocycles. The first-order valence-electron chi connectivity index (χ1n) is 6.31. The molecule has 1 aliphatic rings. The van der Waals surface area contributed by atoms with Crippen molar-refractivity contribution >= 4 is 21.6 Å². The van der Waals surface area contributed by atoms with Gasteiger partial charge in [-0.05, 0) is 31.0 Å². The van der Waals surface area contributed by atoms with Crippen LogP contribution >= 0.6 is 15.9 Å². The predicted octanol–water partition coefficient (Wildman–Crippen LogP) is 2.52. The second-order valence-electron chi connectivity index (χ2n) is 4.93. The summed E-state index contributed by atoms with van der Waals surface area (Å²) >= 11 is 3.36.